The second-order valence-corrected chi connectivity index (χ2v) is 5.96. The lowest BCUT2D eigenvalue weighted by atomic mass is 10.0. The monoisotopic (exact) mass is 339 g/mol. The van der Waals surface area contributed by atoms with E-state index in [0.717, 1.165) is 22.1 Å². The molecule has 2 aromatic rings. The average molecular weight is 339 g/mol. The number of hydrogen-bond donors (Lipinski definition) is 0. The Labute approximate surface area is 136 Å². The first-order valence-electron chi connectivity index (χ1n) is 7.45. The Balaban J connectivity index is 1.68. The molecule has 1 aliphatic rings. The van der Waals surface area contributed by atoms with Crippen LogP contribution in [0.1, 0.15) is 17.1 Å². The van der Waals surface area contributed by atoms with Crippen molar-refractivity contribution in [2.75, 3.05) is 18.0 Å². The molecule has 6 nitrogen and oxygen atoms in total. The summed E-state index contributed by atoms with van der Waals surface area (Å²) in [5.74, 6) is 0.635. The fraction of sp³-hybridized carbons (Fsp3) is 0.467. The second kappa shape index (κ2) is 5.88. The van der Waals surface area contributed by atoms with Crippen LogP contribution in [0.4, 0.5) is 19.1 Å². The predicted octanol–water partition coefficient (Wildman–Crippen LogP) is 1.81. The Kier molecular flexibility index (Phi) is 4.02. The molecule has 0 atom stereocenters. The van der Waals surface area contributed by atoms with E-state index in [2.05, 4.69) is 15.1 Å². The van der Waals surface area contributed by atoms with Crippen molar-refractivity contribution in [2.24, 2.45) is 5.92 Å². The van der Waals surface area contributed by atoms with Crippen molar-refractivity contribution in [3.8, 4) is 0 Å². The molecule has 0 unspecified atom stereocenters. The first-order chi connectivity index (χ1) is 11.2. The molecule has 0 aromatic carbocycles. The van der Waals surface area contributed by atoms with E-state index in [9.17, 15) is 18.0 Å². The van der Waals surface area contributed by atoms with E-state index in [-0.39, 0.29) is 12.5 Å². The van der Waals surface area contributed by atoms with Gasteiger partial charge in [0.2, 0.25) is 5.95 Å². The van der Waals surface area contributed by atoms with E-state index in [4.69, 9.17) is 0 Å². The minimum absolute atomic E-state index is 0.0307. The zero-order valence-corrected chi connectivity index (χ0v) is 13.2. The maximum absolute atomic E-state index is 12.7. The predicted molar refractivity (Wildman–Crippen MR) is 80.7 cm³/mol. The third-order valence-electron chi connectivity index (χ3n) is 3.80. The van der Waals surface area contributed by atoms with Gasteiger partial charge in [-0.3, -0.25) is 4.79 Å². The molecule has 0 N–H and O–H groups in total. The molecule has 0 saturated carbocycles. The van der Waals surface area contributed by atoms with Gasteiger partial charge >= 0.3 is 6.18 Å². The maximum atomic E-state index is 12.7. The number of aryl methyl sites for hydroxylation is 2. The lowest BCUT2D eigenvalue weighted by Gasteiger charge is -2.39. The number of anilines is 1. The highest BCUT2D eigenvalue weighted by atomic mass is 19.4. The van der Waals surface area contributed by atoms with Crippen LogP contribution in [-0.2, 0) is 12.7 Å². The minimum atomic E-state index is -4.56. The maximum Gasteiger partial charge on any atom is 0.435 e. The highest BCUT2D eigenvalue weighted by Crippen LogP contribution is 2.27. The zero-order valence-electron chi connectivity index (χ0n) is 13.2. The lowest BCUT2D eigenvalue weighted by Crippen LogP contribution is -2.50. The van der Waals surface area contributed by atoms with Gasteiger partial charge in [0, 0.05) is 36.5 Å². The van der Waals surface area contributed by atoms with E-state index in [1.165, 1.54) is 0 Å². The summed E-state index contributed by atoms with van der Waals surface area (Å²) in [6.45, 7) is 5.05. The summed E-state index contributed by atoms with van der Waals surface area (Å²) < 4.78 is 39.0. The van der Waals surface area contributed by atoms with Crippen LogP contribution in [0, 0.1) is 19.8 Å². The van der Waals surface area contributed by atoms with Crippen LogP contribution in [0.25, 0.3) is 0 Å². The summed E-state index contributed by atoms with van der Waals surface area (Å²) in [5.41, 5.74) is 0.119. The van der Waals surface area contributed by atoms with Gasteiger partial charge < -0.3 is 4.90 Å². The molecule has 3 rings (SSSR count). The number of aromatic nitrogens is 4. The number of rotatable bonds is 3. The summed E-state index contributed by atoms with van der Waals surface area (Å²) in [5, 5.41) is 3.42. The van der Waals surface area contributed by atoms with Crippen molar-refractivity contribution in [1.29, 1.82) is 0 Å². The normalized spacial score (nSPS) is 15.5. The van der Waals surface area contributed by atoms with Crippen LogP contribution in [0.3, 0.4) is 0 Å². The topological polar surface area (TPSA) is 63.9 Å². The average Bonchev–Trinajstić information content (AvgIpc) is 2.41. The third-order valence-corrected chi connectivity index (χ3v) is 3.80. The molecule has 0 radical (unpaired) electrons. The molecular weight excluding hydrogens is 323 g/mol. The fourth-order valence-electron chi connectivity index (χ4n) is 2.67. The van der Waals surface area contributed by atoms with E-state index in [1.807, 2.05) is 24.8 Å². The van der Waals surface area contributed by atoms with Crippen molar-refractivity contribution in [1.82, 2.24) is 19.7 Å². The van der Waals surface area contributed by atoms with Gasteiger partial charge in [-0.15, -0.1) is 0 Å². The molecule has 9 heteroatoms. The van der Waals surface area contributed by atoms with Crippen LogP contribution in [0.5, 0.6) is 0 Å². The van der Waals surface area contributed by atoms with Crippen molar-refractivity contribution >= 4 is 5.95 Å². The largest absolute Gasteiger partial charge is 0.435 e. The Morgan fingerprint density at radius 3 is 2.38 bits per heavy atom. The number of hydrogen-bond acceptors (Lipinski definition) is 5. The molecule has 0 amide bonds. The minimum Gasteiger partial charge on any atom is -0.340 e. The zero-order chi connectivity index (χ0) is 17.5. The molecule has 2 aromatic heterocycles. The number of halogens is 3. The smallest absolute Gasteiger partial charge is 0.340 e. The molecule has 3 heterocycles. The van der Waals surface area contributed by atoms with E-state index >= 15 is 0 Å². The van der Waals surface area contributed by atoms with Gasteiger partial charge in [0.15, 0.2) is 5.69 Å². The highest BCUT2D eigenvalue weighted by Gasteiger charge is 2.34. The van der Waals surface area contributed by atoms with Crippen molar-refractivity contribution in [2.45, 2.75) is 26.6 Å². The summed E-state index contributed by atoms with van der Waals surface area (Å²) in [7, 11) is 0. The first kappa shape index (κ1) is 16.4. The Bertz CT molecular complexity index is 791. The molecule has 1 aliphatic heterocycles. The first-order valence-corrected chi connectivity index (χ1v) is 7.45. The molecule has 0 spiro atoms. The fourth-order valence-corrected chi connectivity index (χ4v) is 2.67. The summed E-state index contributed by atoms with van der Waals surface area (Å²) in [6.07, 6.45) is -4.56. The molecule has 0 aliphatic carbocycles. The highest BCUT2D eigenvalue weighted by molar-refractivity contribution is 5.35. The Morgan fingerprint density at radius 1 is 1.17 bits per heavy atom. The molecule has 128 valence electrons. The van der Waals surface area contributed by atoms with Crippen LogP contribution < -0.4 is 10.5 Å². The molecule has 1 saturated heterocycles. The summed E-state index contributed by atoms with van der Waals surface area (Å²) >= 11 is 0. The van der Waals surface area contributed by atoms with Gasteiger partial charge in [-0.25, -0.2) is 14.6 Å². The van der Waals surface area contributed by atoms with Gasteiger partial charge in [-0.05, 0) is 26.0 Å². The van der Waals surface area contributed by atoms with E-state index in [0.29, 0.717) is 25.1 Å². The van der Waals surface area contributed by atoms with Crippen LogP contribution in [0.15, 0.2) is 23.0 Å². The van der Waals surface area contributed by atoms with E-state index < -0.39 is 17.4 Å². The van der Waals surface area contributed by atoms with Crippen molar-refractivity contribution < 1.29 is 13.2 Å². The quantitative estimate of drug-likeness (QED) is 0.853. The number of alkyl halides is 3. The summed E-state index contributed by atoms with van der Waals surface area (Å²) in [6, 6.07) is 3.47. The molecule has 24 heavy (non-hydrogen) atoms. The van der Waals surface area contributed by atoms with Crippen LogP contribution in [0.2, 0.25) is 0 Å². The van der Waals surface area contributed by atoms with Crippen molar-refractivity contribution in [3.63, 3.8) is 0 Å². The van der Waals surface area contributed by atoms with E-state index in [1.54, 1.807) is 0 Å². The Morgan fingerprint density at radius 2 is 1.79 bits per heavy atom. The van der Waals surface area contributed by atoms with Gasteiger partial charge in [-0.1, -0.05) is 0 Å². The van der Waals surface area contributed by atoms with Crippen LogP contribution >= 0.6 is 0 Å². The van der Waals surface area contributed by atoms with Crippen LogP contribution in [-0.4, -0.2) is 32.8 Å². The van der Waals surface area contributed by atoms with Crippen molar-refractivity contribution in [3.05, 3.63) is 45.6 Å². The molecule has 0 bridgehead atoms. The van der Waals surface area contributed by atoms with Gasteiger partial charge in [0.25, 0.3) is 5.56 Å². The lowest BCUT2D eigenvalue weighted by molar-refractivity contribution is -0.142. The van der Waals surface area contributed by atoms with Gasteiger partial charge in [-0.2, -0.15) is 18.3 Å². The van der Waals surface area contributed by atoms with Gasteiger partial charge in [0.1, 0.15) is 0 Å². The SMILES string of the molecule is Cc1cc(C)nc(N2CC(Cn3nc(C(F)(F)F)ccc3=O)C2)n1. The standard InChI is InChI=1S/C15H16F3N5O/c1-9-5-10(2)20-14(19-9)22-6-11(7-22)8-23-13(24)4-3-12(21-23)15(16,17)18/h3-5,11H,6-8H2,1-2H3. The Hall–Kier alpha value is -2.45. The third kappa shape index (κ3) is 3.39. The second-order valence-electron chi connectivity index (χ2n) is 5.96. The molecular formula is C15H16F3N5O. The summed E-state index contributed by atoms with van der Waals surface area (Å²) in [4.78, 5) is 22.3. The molecule has 1 fully saturated rings. The number of nitrogens with zero attached hydrogens (tertiary/aromatic N) is 5. The van der Waals surface area contributed by atoms with Gasteiger partial charge in [0.05, 0.1) is 6.54 Å².